The second-order valence-corrected chi connectivity index (χ2v) is 6.58. The molecular weight excluding hydrogens is 314 g/mol. The lowest BCUT2D eigenvalue weighted by Gasteiger charge is -2.27. The first kappa shape index (κ1) is 17.3. The molecule has 3 rings (SSSR count). The standard InChI is InChI=1S/C20H23N3O2/c1-20(2)24-13-18(22-16-6-4-3-5-7-16)19(14-25-20)23-17-10-8-15(12-21)9-11-17/h3-11,18-19,22-23H,13-14H2,1-2H3/t18-,19-/m1/s1. The van der Waals surface area contributed by atoms with Crippen LogP contribution in [0.15, 0.2) is 54.6 Å². The van der Waals surface area contributed by atoms with Gasteiger partial charge in [0.25, 0.3) is 0 Å². The highest BCUT2D eigenvalue weighted by Gasteiger charge is 2.32. The number of nitrogens with zero attached hydrogens (tertiary/aromatic N) is 1. The van der Waals surface area contributed by atoms with Gasteiger partial charge in [-0.2, -0.15) is 5.26 Å². The summed E-state index contributed by atoms with van der Waals surface area (Å²) in [4.78, 5) is 0. The van der Waals surface area contributed by atoms with E-state index in [9.17, 15) is 0 Å². The molecule has 2 atom stereocenters. The summed E-state index contributed by atoms with van der Waals surface area (Å²) in [6.45, 7) is 4.89. The molecule has 0 amide bonds. The molecule has 0 aromatic heterocycles. The molecule has 5 nitrogen and oxygen atoms in total. The molecular formula is C20H23N3O2. The van der Waals surface area contributed by atoms with Gasteiger partial charge in [-0.15, -0.1) is 0 Å². The number of benzene rings is 2. The van der Waals surface area contributed by atoms with Crippen LogP contribution in [0.4, 0.5) is 11.4 Å². The molecule has 0 radical (unpaired) electrons. The normalized spacial score (nSPS) is 22.4. The van der Waals surface area contributed by atoms with Gasteiger partial charge in [0, 0.05) is 11.4 Å². The Bertz CT molecular complexity index is 723. The molecule has 130 valence electrons. The van der Waals surface area contributed by atoms with E-state index < -0.39 is 5.79 Å². The van der Waals surface area contributed by atoms with Crippen molar-refractivity contribution >= 4 is 11.4 Å². The van der Waals surface area contributed by atoms with Gasteiger partial charge in [0.1, 0.15) is 0 Å². The molecule has 2 aromatic rings. The number of anilines is 2. The summed E-state index contributed by atoms with van der Waals surface area (Å²) >= 11 is 0. The second-order valence-electron chi connectivity index (χ2n) is 6.58. The molecule has 0 saturated carbocycles. The summed E-state index contributed by atoms with van der Waals surface area (Å²) in [5.41, 5.74) is 2.64. The fourth-order valence-electron chi connectivity index (χ4n) is 2.74. The average molecular weight is 337 g/mol. The Morgan fingerprint density at radius 2 is 1.40 bits per heavy atom. The highest BCUT2D eigenvalue weighted by atomic mass is 16.7. The molecule has 1 saturated heterocycles. The van der Waals surface area contributed by atoms with Crippen LogP contribution in [-0.2, 0) is 9.47 Å². The van der Waals surface area contributed by atoms with E-state index in [4.69, 9.17) is 14.7 Å². The van der Waals surface area contributed by atoms with Gasteiger partial charge in [-0.1, -0.05) is 18.2 Å². The van der Waals surface area contributed by atoms with Crippen LogP contribution in [0.5, 0.6) is 0 Å². The highest BCUT2D eigenvalue weighted by molar-refractivity contribution is 5.50. The molecule has 2 N–H and O–H groups in total. The van der Waals surface area contributed by atoms with Crippen molar-refractivity contribution in [3.63, 3.8) is 0 Å². The van der Waals surface area contributed by atoms with Gasteiger partial charge in [-0.3, -0.25) is 0 Å². The molecule has 0 aliphatic carbocycles. The maximum absolute atomic E-state index is 8.93. The van der Waals surface area contributed by atoms with Crippen molar-refractivity contribution in [1.29, 1.82) is 5.26 Å². The van der Waals surface area contributed by atoms with Gasteiger partial charge in [0.15, 0.2) is 5.79 Å². The van der Waals surface area contributed by atoms with E-state index in [2.05, 4.69) is 16.7 Å². The Morgan fingerprint density at radius 3 is 1.92 bits per heavy atom. The van der Waals surface area contributed by atoms with E-state index in [0.717, 1.165) is 11.4 Å². The van der Waals surface area contributed by atoms with Crippen LogP contribution in [0.25, 0.3) is 0 Å². The summed E-state index contributed by atoms with van der Waals surface area (Å²) in [5.74, 6) is -0.613. The van der Waals surface area contributed by atoms with Gasteiger partial charge in [0.2, 0.25) is 0 Å². The SMILES string of the molecule is CC1(C)OC[C@@H](Nc2ccccc2)[C@H](Nc2ccc(C#N)cc2)CO1. The maximum atomic E-state index is 8.93. The van der Waals surface area contributed by atoms with Crippen LogP contribution in [0.2, 0.25) is 0 Å². The van der Waals surface area contributed by atoms with Crippen molar-refractivity contribution in [3.05, 3.63) is 60.2 Å². The third-order valence-corrected chi connectivity index (χ3v) is 4.20. The zero-order chi connectivity index (χ0) is 17.7. The molecule has 0 unspecified atom stereocenters. The Hall–Kier alpha value is -2.55. The predicted octanol–water partition coefficient (Wildman–Crippen LogP) is 3.60. The van der Waals surface area contributed by atoms with Crippen molar-refractivity contribution in [3.8, 4) is 6.07 Å². The lowest BCUT2D eigenvalue weighted by molar-refractivity contribution is -0.200. The van der Waals surface area contributed by atoms with Crippen LogP contribution in [0.3, 0.4) is 0 Å². The largest absolute Gasteiger partial charge is 0.378 e. The summed E-state index contributed by atoms with van der Waals surface area (Å²) in [6, 6.07) is 19.7. The van der Waals surface area contributed by atoms with Crippen LogP contribution >= 0.6 is 0 Å². The maximum Gasteiger partial charge on any atom is 0.162 e. The molecule has 0 bridgehead atoms. The van der Waals surface area contributed by atoms with Gasteiger partial charge in [-0.05, 0) is 50.2 Å². The molecule has 1 fully saturated rings. The van der Waals surface area contributed by atoms with Crippen LogP contribution in [0, 0.1) is 11.3 Å². The minimum atomic E-state index is -0.613. The van der Waals surface area contributed by atoms with Gasteiger partial charge in [-0.25, -0.2) is 0 Å². The molecule has 0 spiro atoms. The average Bonchev–Trinajstić information content (AvgIpc) is 2.76. The monoisotopic (exact) mass is 337 g/mol. The number of hydrogen-bond donors (Lipinski definition) is 2. The first-order chi connectivity index (χ1) is 12.1. The second kappa shape index (κ2) is 7.56. The van der Waals surface area contributed by atoms with E-state index >= 15 is 0 Å². The highest BCUT2D eigenvalue weighted by Crippen LogP contribution is 2.22. The Morgan fingerprint density at radius 1 is 0.880 bits per heavy atom. The van der Waals surface area contributed by atoms with Crippen LogP contribution in [0.1, 0.15) is 19.4 Å². The van der Waals surface area contributed by atoms with Gasteiger partial charge >= 0.3 is 0 Å². The molecule has 2 aromatic carbocycles. The van der Waals surface area contributed by atoms with Crippen molar-refractivity contribution in [2.45, 2.75) is 31.7 Å². The fourth-order valence-corrected chi connectivity index (χ4v) is 2.74. The van der Waals surface area contributed by atoms with E-state index in [1.807, 2.05) is 56.3 Å². The lowest BCUT2D eigenvalue weighted by Crippen LogP contribution is -2.43. The van der Waals surface area contributed by atoms with E-state index in [-0.39, 0.29) is 12.1 Å². The Kier molecular flexibility index (Phi) is 5.22. The number of ether oxygens (including phenoxy) is 2. The molecule has 5 heteroatoms. The Balaban J connectivity index is 1.76. The van der Waals surface area contributed by atoms with Crippen LogP contribution in [-0.4, -0.2) is 31.1 Å². The van der Waals surface area contributed by atoms with Gasteiger partial charge in [0.05, 0.1) is 36.9 Å². The molecule has 1 heterocycles. The zero-order valence-electron chi connectivity index (χ0n) is 14.5. The third kappa shape index (κ3) is 4.72. The number of nitrogens with one attached hydrogen (secondary N) is 2. The van der Waals surface area contributed by atoms with E-state index in [1.54, 1.807) is 12.1 Å². The van der Waals surface area contributed by atoms with Crippen molar-refractivity contribution in [2.24, 2.45) is 0 Å². The summed E-state index contributed by atoms with van der Waals surface area (Å²) in [7, 11) is 0. The molecule has 1 aliphatic rings. The van der Waals surface area contributed by atoms with Crippen molar-refractivity contribution in [2.75, 3.05) is 23.8 Å². The van der Waals surface area contributed by atoms with Crippen molar-refractivity contribution in [1.82, 2.24) is 0 Å². The van der Waals surface area contributed by atoms with Crippen LogP contribution < -0.4 is 10.6 Å². The minimum Gasteiger partial charge on any atom is -0.378 e. The zero-order valence-corrected chi connectivity index (χ0v) is 14.5. The first-order valence-corrected chi connectivity index (χ1v) is 8.42. The first-order valence-electron chi connectivity index (χ1n) is 8.42. The van der Waals surface area contributed by atoms with E-state index in [1.165, 1.54) is 0 Å². The summed E-state index contributed by atoms with van der Waals surface area (Å²) < 4.78 is 11.8. The number of hydrogen-bond acceptors (Lipinski definition) is 5. The number of para-hydroxylation sites is 1. The smallest absolute Gasteiger partial charge is 0.162 e. The summed E-state index contributed by atoms with van der Waals surface area (Å²) in [6.07, 6.45) is 0. The molecule has 25 heavy (non-hydrogen) atoms. The topological polar surface area (TPSA) is 66.3 Å². The summed E-state index contributed by atoms with van der Waals surface area (Å²) in [5, 5.41) is 16.0. The Labute approximate surface area is 148 Å². The number of nitriles is 1. The fraction of sp³-hybridized carbons (Fsp3) is 0.350. The van der Waals surface area contributed by atoms with Crippen molar-refractivity contribution < 1.29 is 9.47 Å². The number of rotatable bonds is 4. The minimum absolute atomic E-state index is 0.0231. The lowest BCUT2D eigenvalue weighted by atomic mass is 10.1. The predicted molar refractivity (Wildman–Crippen MR) is 98.4 cm³/mol. The third-order valence-electron chi connectivity index (χ3n) is 4.20. The molecule has 1 aliphatic heterocycles. The quantitative estimate of drug-likeness (QED) is 0.892. The van der Waals surface area contributed by atoms with E-state index in [0.29, 0.717) is 18.8 Å². The van der Waals surface area contributed by atoms with Gasteiger partial charge < -0.3 is 20.1 Å².